The maximum atomic E-state index is 14.4. The lowest BCUT2D eigenvalue weighted by atomic mass is 9.77. The molecule has 33 heavy (non-hydrogen) atoms. The van der Waals surface area contributed by atoms with Gasteiger partial charge in [0, 0.05) is 18.2 Å². The number of nitrogens with one attached hydrogen (secondary N) is 1. The molecule has 0 saturated heterocycles. The van der Waals surface area contributed by atoms with Gasteiger partial charge in [-0.05, 0) is 62.3 Å². The number of aromatic nitrogens is 2. The molecular formula is C25H25F4N3O. The number of rotatable bonds is 4. The van der Waals surface area contributed by atoms with Crippen molar-refractivity contribution in [3.05, 3.63) is 71.1 Å². The predicted molar refractivity (Wildman–Crippen MR) is 118 cm³/mol. The minimum absolute atomic E-state index is 0.0107. The minimum Gasteiger partial charge on any atom is -0.319 e. The summed E-state index contributed by atoms with van der Waals surface area (Å²) < 4.78 is 54.2. The maximum absolute atomic E-state index is 14.4. The van der Waals surface area contributed by atoms with E-state index >= 15 is 0 Å². The van der Waals surface area contributed by atoms with Crippen molar-refractivity contribution >= 4 is 17.2 Å². The van der Waals surface area contributed by atoms with Crippen molar-refractivity contribution in [2.24, 2.45) is 5.92 Å². The summed E-state index contributed by atoms with van der Waals surface area (Å²) in [4.78, 5) is 21.3. The summed E-state index contributed by atoms with van der Waals surface area (Å²) in [6.45, 7) is 1.92. The number of allylic oxidation sites excluding steroid dienone is 4. The third-order valence-electron chi connectivity index (χ3n) is 6.36. The second-order valence-electron chi connectivity index (χ2n) is 8.74. The van der Waals surface area contributed by atoms with E-state index in [0.29, 0.717) is 48.2 Å². The molecule has 2 aromatic rings. The first kappa shape index (κ1) is 23.1. The third kappa shape index (κ3) is 5.31. The lowest BCUT2D eigenvalue weighted by Gasteiger charge is -2.31. The van der Waals surface area contributed by atoms with E-state index in [4.69, 9.17) is 0 Å². The molecule has 2 atom stereocenters. The highest BCUT2D eigenvalue weighted by molar-refractivity contribution is 6.03. The van der Waals surface area contributed by atoms with Crippen LogP contribution in [0.15, 0.2) is 54.1 Å². The fraction of sp³-hybridized carbons (Fsp3) is 0.400. The molecule has 2 aromatic heterocycles. The Morgan fingerprint density at radius 2 is 1.97 bits per heavy atom. The monoisotopic (exact) mass is 459 g/mol. The normalized spacial score (nSPS) is 21.5. The van der Waals surface area contributed by atoms with Crippen molar-refractivity contribution in [1.29, 1.82) is 0 Å². The lowest BCUT2D eigenvalue weighted by Crippen LogP contribution is -2.28. The van der Waals surface area contributed by atoms with Crippen molar-refractivity contribution < 1.29 is 22.4 Å². The van der Waals surface area contributed by atoms with Gasteiger partial charge in [-0.1, -0.05) is 24.1 Å². The zero-order valence-corrected chi connectivity index (χ0v) is 18.3. The summed E-state index contributed by atoms with van der Waals surface area (Å²) in [5, 5.41) is 2.76. The molecule has 8 heteroatoms. The van der Waals surface area contributed by atoms with Crippen molar-refractivity contribution in [3.8, 4) is 0 Å². The fourth-order valence-electron chi connectivity index (χ4n) is 4.58. The second-order valence-corrected chi connectivity index (χ2v) is 8.74. The number of hydrogen-bond acceptors (Lipinski definition) is 3. The number of carbonyl (C=O) groups excluding carboxylic acids is 1. The number of halogens is 4. The molecule has 174 valence electrons. The van der Waals surface area contributed by atoms with Crippen LogP contribution in [-0.4, -0.2) is 22.1 Å². The molecule has 2 aliphatic rings. The smallest absolute Gasteiger partial charge is 0.319 e. The molecule has 1 saturated carbocycles. The molecule has 2 heterocycles. The molecule has 0 aromatic carbocycles. The molecule has 0 bridgehead atoms. The van der Waals surface area contributed by atoms with Gasteiger partial charge < -0.3 is 5.32 Å². The van der Waals surface area contributed by atoms with Crippen LogP contribution in [0.2, 0.25) is 0 Å². The highest BCUT2D eigenvalue weighted by Crippen LogP contribution is 2.45. The Balaban J connectivity index is 1.56. The number of pyridine rings is 2. The molecule has 2 aliphatic carbocycles. The molecule has 0 spiro atoms. The Kier molecular flexibility index (Phi) is 6.63. The van der Waals surface area contributed by atoms with Gasteiger partial charge in [-0.2, -0.15) is 13.2 Å². The first-order valence-corrected chi connectivity index (χ1v) is 11.1. The van der Waals surface area contributed by atoms with Crippen molar-refractivity contribution in [3.63, 3.8) is 0 Å². The summed E-state index contributed by atoms with van der Waals surface area (Å²) >= 11 is 0. The molecule has 0 aliphatic heterocycles. The van der Waals surface area contributed by atoms with Gasteiger partial charge in [-0.3, -0.25) is 9.78 Å². The van der Waals surface area contributed by atoms with E-state index in [2.05, 4.69) is 15.3 Å². The molecule has 1 N–H and O–H groups in total. The molecule has 4 rings (SSSR count). The van der Waals surface area contributed by atoms with Crippen LogP contribution in [0.4, 0.5) is 23.2 Å². The van der Waals surface area contributed by atoms with Gasteiger partial charge in [0.25, 0.3) is 5.91 Å². The Labute approximate surface area is 189 Å². The van der Waals surface area contributed by atoms with Crippen LogP contribution in [0.25, 0.3) is 5.57 Å². The largest absolute Gasteiger partial charge is 0.391 e. The van der Waals surface area contributed by atoms with E-state index in [0.717, 1.165) is 5.57 Å². The molecular weight excluding hydrogens is 434 g/mol. The van der Waals surface area contributed by atoms with Crippen LogP contribution in [0.1, 0.15) is 73.1 Å². The first-order valence-electron chi connectivity index (χ1n) is 11.1. The van der Waals surface area contributed by atoms with Crippen LogP contribution < -0.4 is 5.32 Å². The highest BCUT2D eigenvalue weighted by Gasteiger charge is 2.42. The van der Waals surface area contributed by atoms with E-state index in [1.165, 1.54) is 18.5 Å². The third-order valence-corrected chi connectivity index (χ3v) is 6.36. The highest BCUT2D eigenvalue weighted by atomic mass is 19.4. The summed E-state index contributed by atoms with van der Waals surface area (Å²) in [7, 11) is 0. The molecule has 4 nitrogen and oxygen atoms in total. The second kappa shape index (κ2) is 9.45. The quantitative estimate of drug-likeness (QED) is 0.502. The van der Waals surface area contributed by atoms with Crippen LogP contribution in [0.5, 0.6) is 0 Å². The zero-order valence-electron chi connectivity index (χ0n) is 18.3. The van der Waals surface area contributed by atoms with E-state index < -0.39 is 18.0 Å². The van der Waals surface area contributed by atoms with Gasteiger partial charge in [0.05, 0.1) is 23.5 Å². The SMILES string of the molecule is CC1=CC(c2cccc(C(=O)Nc3cnccc3[C@H]3CCC[C@@H](C(F)(F)F)C3)n2)=C(F)CC1. The summed E-state index contributed by atoms with van der Waals surface area (Å²) in [6.07, 6.45) is 2.64. The van der Waals surface area contributed by atoms with Gasteiger partial charge in [0.15, 0.2) is 0 Å². The van der Waals surface area contributed by atoms with E-state index in [1.807, 2.05) is 6.92 Å². The van der Waals surface area contributed by atoms with Crippen molar-refractivity contribution in [2.75, 3.05) is 5.32 Å². The van der Waals surface area contributed by atoms with E-state index in [9.17, 15) is 22.4 Å². The number of carbonyl (C=O) groups is 1. The Bertz CT molecular complexity index is 1110. The predicted octanol–water partition coefficient (Wildman–Crippen LogP) is 6.99. The first-order chi connectivity index (χ1) is 15.7. The number of hydrogen-bond donors (Lipinski definition) is 1. The zero-order chi connectivity index (χ0) is 23.6. The number of amides is 1. The lowest BCUT2D eigenvalue weighted by molar-refractivity contribution is -0.183. The molecule has 0 unspecified atom stereocenters. The fourth-order valence-corrected chi connectivity index (χ4v) is 4.58. The van der Waals surface area contributed by atoms with Gasteiger partial charge in [0.2, 0.25) is 0 Å². The Morgan fingerprint density at radius 3 is 2.76 bits per heavy atom. The number of anilines is 1. The maximum Gasteiger partial charge on any atom is 0.391 e. The van der Waals surface area contributed by atoms with Crippen LogP contribution >= 0.6 is 0 Å². The van der Waals surface area contributed by atoms with E-state index in [-0.39, 0.29) is 30.3 Å². The topological polar surface area (TPSA) is 54.9 Å². The molecule has 1 amide bonds. The summed E-state index contributed by atoms with van der Waals surface area (Å²) in [6, 6.07) is 6.47. The van der Waals surface area contributed by atoms with Crippen molar-refractivity contribution in [1.82, 2.24) is 9.97 Å². The van der Waals surface area contributed by atoms with Gasteiger partial charge in [0.1, 0.15) is 11.5 Å². The van der Waals surface area contributed by atoms with Crippen LogP contribution in [0, 0.1) is 5.92 Å². The average molecular weight is 459 g/mol. The average Bonchev–Trinajstić information content (AvgIpc) is 2.80. The summed E-state index contributed by atoms with van der Waals surface area (Å²) in [5.74, 6) is -2.46. The standard InChI is InChI=1S/C25H25F4N3O/c1-15-8-9-20(26)19(12-15)21-6-3-7-22(31-21)24(33)32-23-14-30-11-10-18(23)16-4-2-5-17(13-16)25(27,28)29/h3,6-7,10-12,14,16-17H,2,4-5,8-9,13H2,1H3,(H,32,33)/t16-,17+/m0/s1. The minimum atomic E-state index is -4.23. The Hall–Kier alpha value is -3.03. The van der Waals surface area contributed by atoms with Gasteiger partial charge in [-0.15, -0.1) is 0 Å². The molecule has 1 fully saturated rings. The van der Waals surface area contributed by atoms with Crippen molar-refractivity contribution in [2.45, 2.75) is 57.5 Å². The summed E-state index contributed by atoms with van der Waals surface area (Å²) in [5.41, 5.74) is 2.88. The van der Waals surface area contributed by atoms with Crippen LogP contribution in [0.3, 0.4) is 0 Å². The number of alkyl halides is 3. The van der Waals surface area contributed by atoms with Crippen LogP contribution in [-0.2, 0) is 0 Å². The Morgan fingerprint density at radius 1 is 1.15 bits per heavy atom. The number of nitrogens with zero attached hydrogens (tertiary/aromatic N) is 2. The van der Waals surface area contributed by atoms with Gasteiger partial charge in [-0.25, -0.2) is 9.37 Å². The van der Waals surface area contributed by atoms with Gasteiger partial charge >= 0.3 is 6.18 Å². The van der Waals surface area contributed by atoms with E-state index in [1.54, 1.807) is 24.3 Å². The molecule has 0 radical (unpaired) electrons.